The maximum Gasteiger partial charge on any atom is 0.416 e. The molecule has 0 saturated carbocycles. The number of allylic oxidation sites excluding steroid dienone is 2. The highest BCUT2D eigenvalue weighted by molar-refractivity contribution is 7.14. The average molecular weight is 513 g/mol. The molecule has 4 rings (SSSR count). The number of benzene rings is 2. The molecule has 0 radical (unpaired) electrons. The number of ether oxygens (including phenoxy) is 1. The van der Waals surface area contributed by atoms with Gasteiger partial charge in [0.1, 0.15) is 0 Å². The molecule has 1 saturated heterocycles. The van der Waals surface area contributed by atoms with Crippen LogP contribution in [0.3, 0.4) is 0 Å². The summed E-state index contributed by atoms with van der Waals surface area (Å²) in [6, 6.07) is 12.4. The van der Waals surface area contributed by atoms with Gasteiger partial charge in [0.05, 0.1) is 23.4 Å². The zero-order chi connectivity index (χ0) is 25.5. The Kier molecular flexibility index (Phi) is 8.25. The third-order valence-corrected chi connectivity index (χ3v) is 6.77. The molecule has 1 aliphatic rings. The molecule has 0 spiro atoms. The normalized spacial score (nSPS) is 14.9. The van der Waals surface area contributed by atoms with Gasteiger partial charge in [-0.05, 0) is 61.6 Å². The van der Waals surface area contributed by atoms with Gasteiger partial charge in [-0.3, -0.25) is 0 Å². The van der Waals surface area contributed by atoms with E-state index in [1.54, 1.807) is 36.5 Å². The van der Waals surface area contributed by atoms with Crippen LogP contribution in [0.15, 0.2) is 66.1 Å². The molecule has 8 heteroatoms. The molecule has 1 aliphatic heterocycles. The van der Waals surface area contributed by atoms with Crippen molar-refractivity contribution in [3.63, 3.8) is 0 Å². The van der Waals surface area contributed by atoms with E-state index in [1.165, 1.54) is 31.4 Å². The van der Waals surface area contributed by atoms with Crippen molar-refractivity contribution in [3.8, 4) is 11.3 Å². The van der Waals surface area contributed by atoms with Crippen LogP contribution in [0.2, 0.25) is 0 Å². The van der Waals surface area contributed by atoms with Crippen LogP contribution in [-0.2, 0) is 15.7 Å². The molecule has 1 aromatic heterocycles. The Morgan fingerprint density at radius 3 is 2.56 bits per heavy atom. The van der Waals surface area contributed by atoms with Crippen LogP contribution in [0.1, 0.15) is 42.9 Å². The van der Waals surface area contributed by atoms with Gasteiger partial charge in [-0.25, -0.2) is 9.78 Å². The lowest BCUT2D eigenvalue weighted by Gasteiger charge is -2.25. The largest absolute Gasteiger partial charge is 0.462 e. The quantitative estimate of drug-likeness (QED) is 0.187. The van der Waals surface area contributed by atoms with Crippen LogP contribution in [0, 0.1) is 0 Å². The molecule has 2 aromatic carbocycles. The Morgan fingerprint density at radius 1 is 1.11 bits per heavy atom. The minimum atomic E-state index is -4.38. The van der Waals surface area contributed by atoms with Gasteiger partial charge in [-0.2, -0.15) is 13.2 Å². The van der Waals surface area contributed by atoms with Gasteiger partial charge in [-0.1, -0.05) is 42.5 Å². The molecular weight excluding hydrogens is 485 g/mol. The Labute approximate surface area is 212 Å². The number of rotatable bonds is 7. The standard InChI is InChI=1S/C28H27F3N2O2S/c1-2-35-26(34)24(11-6-8-20-12-14-23(15-13-20)28(29,30)31)21-9-7-10-22(18-21)25-19-36-27(32-25)33-16-4-3-5-17-33/h6-15,18-19H,2-5,16-17H2,1H3. The Balaban J connectivity index is 1.58. The summed E-state index contributed by atoms with van der Waals surface area (Å²) in [5.74, 6) is -0.473. The number of thiazole rings is 1. The van der Waals surface area contributed by atoms with Gasteiger partial charge >= 0.3 is 12.1 Å². The number of carbonyl (C=O) groups excluding carboxylic acids is 1. The van der Waals surface area contributed by atoms with E-state index in [4.69, 9.17) is 9.72 Å². The van der Waals surface area contributed by atoms with E-state index in [0.29, 0.717) is 16.7 Å². The SMILES string of the molecule is CCOC(=O)C(=CC=Cc1ccc(C(F)(F)F)cc1)c1cccc(-c2csc(N3CCCCC3)n2)c1. The summed E-state index contributed by atoms with van der Waals surface area (Å²) in [5.41, 5.74) is 2.66. The maximum atomic E-state index is 12.8. The number of hydrogen-bond donors (Lipinski definition) is 0. The van der Waals surface area contributed by atoms with Crippen molar-refractivity contribution in [1.82, 2.24) is 4.98 Å². The summed E-state index contributed by atoms with van der Waals surface area (Å²) in [6.07, 6.45) is 4.14. The summed E-state index contributed by atoms with van der Waals surface area (Å²) in [5, 5.41) is 3.04. The zero-order valence-electron chi connectivity index (χ0n) is 19.9. The van der Waals surface area contributed by atoms with Crippen LogP contribution in [0.4, 0.5) is 18.3 Å². The average Bonchev–Trinajstić information content (AvgIpc) is 3.38. The number of alkyl halides is 3. The number of carbonyl (C=O) groups is 1. The number of piperidine rings is 1. The zero-order valence-corrected chi connectivity index (χ0v) is 20.7. The fraction of sp³-hybridized carbons (Fsp3) is 0.286. The van der Waals surface area contributed by atoms with E-state index in [0.717, 1.165) is 41.6 Å². The summed E-state index contributed by atoms with van der Waals surface area (Å²) < 4.78 is 43.6. The summed E-state index contributed by atoms with van der Waals surface area (Å²) >= 11 is 1.62. The fourth-order valence-corrected chi connectivity index (χ4v) is 4.89. The summed E-state index contributed by atoms with van der Waals surface area (Å²) in [6.45, 7) is 4.01. The van der Waals surface area contributed by atoms with Crippen molar-refractivity contribution < 1.29 is 22.7 Å². The number of anilines is 1. The first-order valence-electron chi connectivity index (χ1n) is 11.9. The molecule has 36 heavy (non-hydrogen) atoms. The van der Waals surface area contributed by atoms with Crippen molar-refractivity contribution in [1.29, 1.82) is 0 Å². The predicted molar refractivity (Wildman–Crippen MR) is 139 cm³/mol. The molecule has 1 fully saturated rings. The first kappa shape index (κ1) is 25.7. The van der Waals surface area contributed by atoms with E-state index in [1.807, 2.05) is 29.6 Å². The lowest BCUT2D eigenvalue weighted by atomic mass is 10.0. The lowest BCUT2D eigenvalue weighted by molar-refractivity contribution is -0.138. The smallest absolute Gasteiger partial charge is 0.416 e. The number of nitrogens with zero attached hydrogens (tertiary/aromatic N) is 2. The third kappa shape index (κ3) is 6.43. The molecule has 4 nitrogen and oxygen atoms in total. The highest BCUT2D eigenvalue weighted by Gasteiger charge is 2.29. The number of halogens is 3. The second-order valence-electron chi connectivity index (χ2n) is 8.42. The van der Waals surface area contributed by atoms with Gasteiger partial charge in [0.15, 0.2) is 5.13 Å². The van der Waals surface area contributed by atoms with Gasteiger partial charge in [-0.15, -0.1) is 11.3 Å². The minimum Gasteiger partial charge on any atom is -0.462 e. The van der Waals surface area contributed by atoms with Gasteiger partial charge in [0.2, 0.25) is 0 Å². The van der Waals surface area contributed by atoms with Crippen LogP contribution >= 0.6 is 11.3 Å². The molecule has 3 aromatic rings. The topological polar surface area (TPSA) is 42.4 Å². The lowest BCUT2D eigenvalue weighted by Crippen LogP contribution is -2.29. The first-order chi connectivity index (χ1) is 17.3. The van der Waals surface area contributed by atoms with Crippen molar-refractivity contribution in [2.75, 3.05) is 24.6 Å². The van der Waals surface area contributed by atoms with Gasteiger partial charge in [0.25, 0.3) is 0 Å². The second kappa shape index (κ2) is 11.6. The van der Waals surface area contributed by atoms with E-state index in [9.17, 15) is 18.0 Å². The minimum absolute atomic E-state index is 0.226. The molecule has 0 bridgehead atoms. The van der Waals surface area contributed by atoms with Gasteiger partial charge in [0, 0.05) is 24.0 Å². The molecule has 0 atom stereocenters. The van der Waals surface area contributed by atoms with Crippen LogP contribution in [0.25, 0.3) is 22.9 Å². The molecule has 0 unspecified atom stereocenters. The Morgan fingerprint density at radius 2 is 1.86 bits per heavy atom. The van der Waals surface area contributed by atoms with Crippen molar-refractivity contribution in [3.05, 3.63) is 82.8 Å². The van der Waals surface area contributed by atoms with E-state index in [2.05, 4.69) is 4.90 Å². The number of esters is 1. The summed E-state index contributed by atoms with van der Waals surface area (Å²) in [4.78, 5) is 19.9. The highest BCUT2D eigenvalue weighted by Crippen LogP contribution is 2.31. The molecular formula is C28H27F3N2O2S. The van der Waals surface area contributed by atoms with Crippen LogP contribution < -0.4 is 4.90 Å². The van der Waals surface area contributed by atoms with Crippen LogP contribution in [-0.4, -0.2) is 30.6 Å². The van der Waals surface area contributed by atoms with Crippen LogP contribution in [0.5, 0.6) is 0 Å². The molecule has 0 aliphatic carbocycles. The first-order valence-corrected chi connectivity index (χ1v) is 12.8. The van der Waals surface area contributed by atoms with Crippen molar-refractivity contribution >= 4 is 34.1 Å². The van der Waals surface area contributed by atoms with Crippen molar-refractivity contribution in [2.24, 2.45) is 0 Å². The number of hydrogen-bond acceptors (Lipinski definition) is 5. The van der Waals surface area contributed by atoms with Crippen molar-refractivity contribution in [2.45, 2.75) is 32.4 Å². The molecule has 0 N–H and O–H groups in total. The second-order valence-corrected chi connectivity index (χ2v) is 9.26. The Hall–Kier alpha value is -3.39. The Bertz CT molecular complexity index is 1240. The van der Waals surface area contributed by atoms with E-state index < -0.39 is 17.7 Å². The maximum absolute atomic E-state index is 12.8. The summed E-state index contributed by atoms with van der Waals surface area (Å²) in [7, 11) is 0. The number of aromatic nitrogens is 1. The molecule has 2 heterocycles. The fourth-order valence-electron chi connectivity index (χ4n) is 4.00. The highest BCUT2D eigenvalue weighted by atomic mass is 32.1. The molecule has 0 amide bonds. The monoisotopic (exact) mass is 512 g/mol. The predicted octanol–water partition coefficient (Wildman–Crippen LogP) is 7.48. The van der Waals surface area contributed by atoms with E-state index in [-0.39, 0.29) is 6.61 Å². The molecule has 188 valence electrons. The van der Waals surface area contributed by atoms with Gasteiger partial charge < -0.3 is 9.64 Å². The van der Waals surface area contributed by atoms with E-state index >= 15 is 0 Å². The third-order valence-electron chi connectivity index (χ3n) is 5.87.